The standard InChI is InChI=1S/C16H14ClN3O2S/c1-10(23-15-7-6-11(17)8-18-15)16(22)20-9-14(21)19-12-4-2-3-5-13(12)20/h2-8,10H,9H2,1H3,(H,19,21)/t10-/m1/s1. The van der Waals surface area contributed by atoms with Gasteiger partial charge >= 0.3 is 0 Å². The van der Waals surface area contributed by atoms with E-state index in [0.29, 0.717) is 21.4 Å². The number of halogens is 1. The number of fused-ring (bicyclic) bond motifs is 1. The van der Waals surface area contributed by atoms with Gasteiger partial charge in [-0.2, -0.15) is 0 Å². The molecule has 0 fully saturated rings. The van der Waals surface area contributed by atoms with Crippen LogP contribution in [-0.4, -0.2) is 28.6 Å². The Balaban J connectivity index is 1.79. The average molecular weight is 348 g/mol. The first-order valence-corrected chi connectivity index (χ1v) is 8.29. The van der Waals surface area contributed by atoms with Crippen molar-refractivity contribution in [1.29, 1.82) is 0 Å². The van der Waals surface area contributed by atoms with Crippen LogP contribution >= 0.6 is 23.4 Å². The van der Waals surface area contributed by atoms with Gasteiger partial charge in [0.1, 0.15) is 6.54 Å². The maximum Gasteiger partial charge on any atom is 0.244 e. The molecule has 118 valence electrons. The van der Waals surface area contributed by atoms with Gasteiger partial charge in [0.05, 0.1) is 26.7 Å². The Kier molecular flexibility index (Phi) is 4.54. The van der Waals surface area contributed by atoms with Gasteiger partial charge < -0.3 is 5.32 Å². The summed E-state index contributed by atoms with van der Waals surface area (Å²) in [6, 6.07) is 10.8. The van der Waals surface area contributed by atoms with E-state index >= 15 is 0 Å². The zero-order valence-corrected chi connectivity index (χ0v) is 13.9. The fourth-order valence-corrected chi connectivity index (χ4v) is 3.28. The Morgan fingerprint density at radius 1 is 1.35 bits per heavy atom. The van der Waals surface area contributed by atoms with Crippen LogP contribution in [0.25, 0.3) is 0 Å². The molecule has 2 aromatic rings. The Hall–Kier alpha value is -2.05. The minimum Gasteiger partial charge on any atom is -0.323 e. The molecule has 1 aliphatic heterocycles. The Bertz CT molecular complexity index is 751. The molecule has 1 aromatic carbocycles. The lowest BCUT2D eigenvalue weighted by Crippen LogP contribution is -2.45. The van der Waals surface area contributed by atoms with Crippen LogP contribution in [-0.2, 0) is 9.59 Å². The summed E-state index contributed by atoms with van der Waals surface area (Å²) in [5.74, 6) is -0.326. The molecular weight excluding hydrogens is 334 g/mol. The van der Waals surface area contributed by atoms with Crippen LogP contribution in [0.4, 0.5) is 11.4 Å². The lowest BCUT2D eigenvalue weighted by atomic mass is 10.2. The number of para-hydroxylation sites is 2. The largest absolute Gasteiger partial charge is 0.323 e. The van der Waals surface area contributed by atoms with E-state index in [4.69, 9.17) is 11.6 Å². The Labute approximate surface area is 143 Å². The highest BCUT2D eigenvalue weighted by Gasteiger charge is 2.30. The molecule has 1 N–H and O–H groups in total. The molecule has 2 amide bonds. The second-order valence-corrected chi connectivity index (χ2v) is 6.86. The molecule has 0 spiro atoms. The van der Waals surface area contributed by atoms with E-state index in [-0.39, 0.29) is 23.6 Å². The van der Waals surface area contributed by atoms with Crippen molar-refractivity contribution in [3.05, 3.63) is 47.6 Å². The number of aromatic nitrogens is 1. The van der Waals surface area contributed by atoms with Crippen LogP contribution in [0.3, 0.4) is 0 Å². The van der Waals surface area contributed by atoms with Crippen molar-refractivity contribution >= 4 is 46.6 Å². The van der Waals surface area contributed by atoms with E-state index in [9.17, 15) is 9.59 Å². The van der Waals surface area contributed by atoms with Crippen molar-refractivity contribution in [2.24, 2.45) is 0 Å². The third-order valence-electron chi connectivity index (χ3n) is 3.38. The van der Waals surface area contributed by atoms with E-state index in [1.54, 1.807) is 31.3 Å². The summed E-state index contributed by atoms with van der Waals surface area (Å²) < 4.78 is 0. The summed E-state index contributed by atoms with van der Waals surface area (Å²) in [5.41, 5.74) is 1.37. The lowest BCUT2D eigenvalue weighted by molar-refractivity contribution is -0.121. The van der Waals surface area contributed by atoms with Crippen LogP contribution in [0.1, 0.15) is 6.92 Å². The molecule has 0 saturated heterocycles. The minimum absolute atomic E-state index is 0.0226. The van der Waals surface area contributed by atoms with Gasteiger partial charge in [0.25, 0.3) is 0 Å². The number of carbonyl (C=O) groups excluding carboxylic acids is 2. The highest BCUT2D eigenvalue weighted by atomic mass is 35.5. The molecule has 5 nitrogen and oxygen atoms in total. The molecule has 0 saturated carbocycles. The number of amides is 2. The number of benzene rings is 1. The zero-order valence-electron chi connectivity index (χ0n) is 12.3. The summed E-state index contributed by atoms with van der Waals surface area (Å²) in [7, 11) is 0. The number of anilines is 2. The van der Waals surface area contributed by atoms with Crippen LogP contribution in [0, 0.1) is 0 Å². The molecule has 1 aromatic heterocycles. The lowest BCUT2D eigenvalue weighted by Gasteiger charge is -2.30. The van der Waals surface area contributed by atoms with Crippen molar-refractivity contribution in [2.45, 2.75) is 17.2 Å². The van der Waals surface area contributed by atoms with Crippen molar-refractivity contribution in [1.82, 2.24) is 4.98 Å². The zero-order chi connectivity index (χ0) is 16.4. The number of nitrogens with zero attached hydrogens (tertiary/aromatic N) is 2. The summed E-state index contributed by atoms with van der Waals surface area (Å²) in [6.07, 6.45) is 1.55. The van der Waals surface area contributed by atoms with E-state index in [1.165, 1.54) is 16.7 Å². The molecular formula is C16H14ClN3O2S. The quantitative estimate of drug-likeness (QED) is 0.866. The first-order valence-electron chi connectivity index (χ1n) is 7.03. The van der Waals surface area contributed by atoms with Crippen LogP contribution in [0.2, 0.25) is 5.02 Å². The molecule has 2 heterocycles. The second kappa shape index (κ2) is 6.60. The third kappa shape index (κ3) is 3.48. The highest BCUT2D eigenvalue weighted by molar-refractivity contribution is 8.00. The first-order chi connectivity index (χ1) is 11.0. The van der Waals surface area contributed by atoms with E-state index in [0.717, 1.165) is 0 Å². The fourth-order valence-electron chi connectivity index (χ4n) is 2.31. The predicted octanol–water partition coefficient (Wildman–Crippen LogP) is 3.20. The minimum atomic E-state index is -0.373. The van der Waals surface area contributed by atoms with Gasteiger partial charge in [-0.3, -0.25) is 14.5 Å². The van der Waals surface area contributed by atoms with Crippen molar-refractivity contribution in [3.8, 4) is 0 Å². The number of hydrogen-bond acceptors (Lipinski definition) is 4. The van der Waals surface area contributed by atoms with Crippen molar-refractivity contribution in [2.75, 3.05) is 16.8 Å². The number of pyridine rings is 1. The smallest absolute Gasteiger partial charge is 0.244 e. The monoisotopic (exact) mass is 347 g/mol. The first kappa shape index (κ1) is 15.8. The van der Waals surface area contributed by atoms with Crippen molar-refractivity contribution < 1.29 is 9.59 Å². The summed E-state index contributed by atoms with van der Waals surface area (Å²) in [6.45, 7) is 1.83. The third-order valence-corrected chi connectivity index (χ3v) is 4.64. The van der Waals surface area contributed by atoms with E-state index < -0.39 is 0 Å². The van der Waals surface area contributed by atoms with Gasteiger partial charge in [0.15, 0.2) is 0 Å². The van der Waals surface area contributed by atoms with Crippen LogP contribution in [0.5, 0.6) is 0 Å². The second-order valence-electron chi connectivity index (χ2n) is 5.06. The number of thioether (sulfide) groups is 1. The summed E-state index contributed by atoms with van der Waals surface area (Å²) in [4.78, 5) is 30.3. The molecule has 0 radical (unpaired) electrons. The topological polar surface area (TPSA) is 62.3 Å². The summed E-state index contributed by atoms with van der Waals surface area (Å²) in [5, 5.41) is 3.66. The van der Waals surface area contributed by atoms with Gasteiger partial charge in [-0.1, -0.05) is 35.5 Å². The SMILES string of the molecule is C[C@@H](Sc1ccc(Cl)cn1)C(=O)N1CC(=O)Nc2ccccc21. The maximum absolute atomic E-state index is 12.7. The molecule has 1 aliphatic rings. The van der Waals surface area contributed by atoms with Crippen LogP contribution < -0.4 is 10.2 Å². The molecule has 23 heavy (non-hydrogen) atoms. The Morgan fingerprint density at radius 2 is 2.13 bits per heavy atom. The van der Waals surface area contributed by atoms with E-state index in [2.05, 4.69) is 10.3 Å². The van der Waals surface area contributed by atoms with Gasteiger partial charge in [-0.05, 0) is 31.2 Å². The van der Waals surface area contributed by atoms with Gasteiger partial charge in [-0.15, -0.1) is 0 Å². The fraction of sp³-hybridized carbons (Fsp3) is 0.188. The highest BCUT2D eigenvalue weighted by Crippen LogP contribution is 2.31. The van der Waals surface area contributed by atoms with Gasteiger partial charge in [0, 0.05) is 6.20 Å². The number of nitrogens with one attached hydrogen (secondary N) is 1. The van der Waals surface area contributed by atoms with Crippen LogP contribution in [0.15, 0.2) is 47.6 Å². The normalized spacial score (nSPS) is 14.9. The molecule has 3 rings (SSSR count). The maximum atomic E-state index is 12.7. The number of carbonyl (C=O) groups is 2. The molecule has 1 atom stereocenters. The average Bonchev–Trinajstić information content (AvgIpc) is 2.55. The number of hydrogen-bond donors (Lipinski definition) is 1. The van der Waals surface area contributed by atoms with E-state index in [1.807, 2.05) is 18.2 Å². The van der Waals surface area contributed by atoms with Crippen molar-refractivity contribution in [3.63, 3.8) is 0 Å². The van der Waals surface area contributed by atoms with Gasteiger partial charge in [-0.25, -0.2) is 4.98 Å². The van der Waals surface area contributed by atoms with Gasteiger partial charge in [0.2, 0.25) is 11.8 Å². The predicted molar refractivity (Wildman–Crippen MR) is 92.0 cm³/mol. The molecule has 0 aliphatic carbocycles. The number of rotatable bonds is 3. The molecule has 0 bridgehead atoms. The summed E-state index contributed by atoms with van der Waals surface area (Å²) >= 11 is 7.15. The Morgan fingerprint density at radius 3 is 2.87 bits per heavy atom. The molecule has 0 unspecified atom stereocenters. The molecule has 7 heteroatoms.